The summed E-state index contributed by atoms with van der Waals surface area (Å²) in [6.45, 7) is 0.483. The summed E-state index contributed by atoms with van der Waals surface area (Å²) in [5, 5.41) is 10.1. The van der Waals surface area contributed by atoms with Gasteiger partial charge in [0.2, 0.25) is 0 Å². The molecule has 91 valence electrons. The van der Waals surface area contributed by atoms with Crippen LogP contribution in [0.25, 0.3) is 0 Å². The molecule has 2 fully saturated rings. The van der Waals surface area contributed by atoms with Gasteiger partial charge >= 0.3 is 5.97 Å². The number of hydrogen-bond donors (Lipinski definition) is 1. The van der Waals surface area contributed by atoms with E-state index >= 15 is 0 Å². The van der Waals surface area contributed by atoms with Crippen LogP contribution in [0.5, 0.6) is 0 Å². The minimum atomic E-state index is -0.493. The minimum Gasteiger partial charge on any atom is -0.465 e. The molecule has 0 amide bonds. The normalized spacial score (nSPS) is 40.2. The van der Waals surface area contributed by atoms with Crippen molar-refractivity contribution in [3.63, 3.8) is 0 Å². The number of cyclic esters (lactones) is 1. The molecule has 0 spiro atoms. The first kappa shape index (κ1) is 14.0. The maximum atomic E-state index is 11.4. The Balaban J connectivity index is 0.00000108. The molecular formula is C13H18AcO3. The van der Waals surface area contributed by atoms with Crippen LogP contribution in [-0.2, 0) is 9.53 Å². The van der Waals surface area contributed by atoms with Crippen LogP contribution < -0.4 is 0 Å². The number of ether oxygens (including phenoxy) is 1. The Hall–Kier alpha value is 0.612. The van der Waals surface area contributed by atoms with E-state index in [1.165, 1.54) is 12.8 Å². The number of esters is 1. The van der Waals surface area contributed by atoms with Gasteiger partial charge in [-0.1, -0.05) is 12.2 Å². The van der Waals surface area contributed by atoms with Crippen molar-refractivity contribution >= 4 is 5.97 Å². The summed E-state index contributed by atoms with van der Waals surface area (Å²) in [6, 6.07) is 0. The Morgan fingerprint density at radius 3 is 2.76 bits per heavy atom. The number of hydrogen-bond acceptors (Lipinski definition) is 3. The smallest absolute Gasteiger partial charge is 0.311 e. The standard InChI is InChI=1S/C13H18O3.Ac/c14-12(11-3-4-16-13(11)15)7-10-6-8-1-2-9(10)5-8;/h1-2,8-12,14H,3-7H2;. The van der Waals surface area contributed by atoms with Gasteiger partial charge in [0.05, 0.1) is 18.6 Å². The fourth-order valence-corrected chi connectivity index (χ4v) is 3.50. The molecular weight excluding hydrogens is 431 g/mol. The van der Waals surface area contributed by atoms with E-state index in [1.807, 2.05) is 0 Å². The Morgan fingerprint density at radius 2 is 2.24 bits per heavy atom. The van der Waals surface area contributed by atoms with Crippen molar-refractivity contribution in [2.24, 2.45) is 23.7 Å². The fourth-order valence-electron chi connectivity index (χ4n) is 3.50. The minimum absolute atomic E-state index is 0. The van der Waals surface area contributed by atoms with E-state index in [2.05, 4.69) is 12.2 Å². The van der Waals surface area contributed by atoms with Gasteiger partial charge in [0.15, 0.2) is 0 Å². The number of aliphatic hydroxyl groups is 1. The van der Waals surface area contributed by atoms with Gasteiger partial charge in [0.25, 0.3) is 0 Å². The van der Waals surface area contributed by atoms with E-state index in [0.717, 1.165) is 12.3 Å². The first-order valence-electron chi connectivity index (χ1n) is 6.27. The van der Waals surface area contributed by atoms with Crippen LogP contribution in [0.4, 0.5) is 0 Å². The molecule has 1 saturated carbocycles. The van der Waals surface area contributed by atoms with Crippen molar-refractivity contribution < 1.29 is 58.7 Å². The van der Waals surface area contributed by atoms with Gasteiger partial charge in [-0.3, -0.25) is 4.79 Å². The molecule has 3 nitrogen and oxygen atoms in total. The van der Waals surface area contributed by atoms with Crippen molar-refractivity contribution in [2.45, 2.75) is 31.8 Å². The molecule has 3 rings (SSSR count). The van der Waals surface area contributed by atoms with Crippen LogP contribution in [-0.4, -0.2) is 23.8 Å². The van der Waals surface area contributed by atoms with Gasteiger partial charge in [-0.25, -0.2) is 0 Å². The SMILES string of the molecule is O=C1OCCC1C(O)CC1CC2C=CC1C2.[Ac]. The van der Waals surface area contributed by atoms with Gasteiger partial charge in [-0.2, -0.15) is 0 Å². The molecule has 17 heavy (non-hydrogen) atoms. The van der Waals surface area contributed by atoms with Gasteiger partial charge < -0.3 is 9.84 Å². The summed E-state index contributed by atoms with van der Waals surface area (Å²) < 4.78 is 4.90. The van der Waals surface area contributed by atoms with Crippen LogP contribution in [0.2, 0.25) is 0 Å². The maximum absolute atomic E-state index is 11.4. The molecule has 1 aliphatic heterocycles. The summed E-state index contributed by atoms with van der Waals surface area (Å²) in [5.74, 6) is 1.50. The zero-order valence-corrected chi connectivity index (χ0v) is 14.7. The van der Waals surface area contributed by atoms with Gasteiger partial charge in [-0.05, 0) is 43.4 Å². The number of carbonyl (C=O) groups excluding carboxylic acids is 1. The summed E-state index contributed by atoms with van der Waals surface area (Å²) in [4.78, 5) is 11.4. The molecule has 0 aromatic rings. The van der Waals surface area contributed by atoms with Crippen LogP contribution >= 0.6 is 0 Å². The Kier molecular flexibility index (Phi) is 4.72. The third kappa shape index (κ3) is 2.80. The quantitative estimate of drug-likeness (QED) is 0.525. The van der Waals surface area contributed by atoms with E-state index in [-0.39, 0.29) is 55.9 Å². The summed E-state index contributed by atoms with van der Waals surface area (Å²) >= 11 is 0. The number of aliphatic hydroxyl groups excluding tert-OH is 1. The van der Waals surface area contributed by atoms with Crippen molar-refractivity contribution in [1.82, 2.24) is 0 Å². The van der Waals surface area contributed by atoms with E-state index in [4.69, 9.17) is 4.74 Å². The van der Waals surface area contributed by atoms with E-state index < -0.39 is 6.10 Å². The molecule has 0 aromatic heterocycles. The fraction of sp³-hybridized carbons (Fsp3) is 0.769. The van der Waals surface area contributed by atoms with Crippen molar-refractivity contribution in [3.8, 4) is 0 Å². The van der Waals surface area contributed by atoms with Crippen LogP contribution in [0.3, 0.4) is 0 Å². The monoisotopic (exact) mass is 449 g/mol. The van der Waals surface area contributed by atoms with E-state index in [9.17, 15) is 9.90 Å². The molecule has 1 radical (unpaired) electrons. The van der Waals surface area contributed by atoms with Crippen LogP contribution in [0.15, 0.2) is 12.2 Å². The molecule has 0 aromatic carbocycles. The third-order valence-corrected chi connectivity index (χ3v) is 4.40. The zero-order chi connectivity index (χ0) is 11.1. The first-order valence-corrected chi connectivity index (χ1v) is 6.27. The molecule has 5 atom stereocenters. The van der Waals surface area contributed by atoms with Gasteiger partial charge in [-0.15, -0.1) is 0 Å². The Labute approximate surface area is 138 Å². The summed E-state index contributed by atoms with van der Waals surface area (Å²) in [7, 11) is 0. The van der Waals surface area contributed by atoms with E-state index in [0.29, 0.717) is 24.9 Å². The Morgan fingerprint density at radius 1 is 1.41 bits per heavy atom. The number of fused-ring (bicyclic) bond motifs is 2. The third-order valence-electron chi connectivity index (χ3n) is 4.40. The second-order valence-corrected chi connectivity index (χ2v) is 5.41. The topological polar surface area (TPSA) is 46.5 Å². The van der Waals surface area contributed by atoms with Crippen molar-refractivity contribution in [3.05, 3.63) is 12.2 Å². The average molecular weight is 449 g/mol. The summed E-state index contributed by atoms with van der Waals surface area (Å²) in [6.07, 6.45) is 8.01. The first-order chi connectivity index (χ1) is 7.74. The molecule has 2 bridgehead atoms. The van der Waals surface area contributed by atoms with Gasteiger partial charge in [0.1, 0.15) is 0 Å². The summed E-state index contributed by atoms with van der Waals surface area (Å²) in [5.41, 5.74) is 0. The van der Waals surface area contributed by atoms with Crippen molar-refractivity contribution in [1.29, 1.82) is 0 Å². The number of allylic oxidation sites excluding steroid dienone is 2. The molecule has 3 aliphatic rings. The molecule has 1 N–H and O–H groups in total. The largest absolute Gasteiger partial charge is 0.465 e. The van der Waals surface area contributed by atoms with Crippen LogP contribution in [0.1, 0.15) is 25.7 Å². The van der Waals surface area contributed by atoms with Crippen molar-refractivity contribution in [2.75, 3.05) is 6.61 Å². The number of carbonyl (C=O) groups is 1. The maximum Gasteiger partial charge on any atom is 0.311 e. The van der Waals surface area contributed by atoms with Crippen LogP contribution in [0, 0.1) is 67.7 Å². The van der Waals surface area contributed by atoms with E-state index in [1.54, 1.807) is 0 Å². The average Bonchev–Trinajstić information content (AvgIpc) is 2.92. The number of rotatable bonds is 3. The molecule has 4 heteroatoms. The molecule has 5 unspecified atom stereocenters. The predicted octanol–water partition coefficient (Wildman–Crippen LogP) is 1.51. The second kappa shape index (κ2) is 5.72. The molecule has 1 heterocycles. The molecule has 2 aliphatic carbocycles. The Bertz CT molecular complexity index is 329. The second-order valence-electron chi connectivity index (χ2n) is 5.41. The zero-order valence-electron chi connectivity index (χ0n) is 9.92. The predicted molar refractivity (Wildman–Crippen MR) is 58.5 cm³/mol. The molecule has 1 saturated heterocycles. The van der Waals surface area contributed by atoms with Gasteiger partial charge in [0, 0.05) is 44.1 Å².